The van der Waals surface area contributed by atoms with E-state index >= 15 is 0 Å². The normalized spacial score (nSPS) is 21.4. The zero-order valence-electron chi connectivity index (χ0n) is 15.2. The second-order valence-electron chi connectivity index (χ2n) is 6.61. The van der Waals surface area contributed by atoms with Crippen LogP contribution in [0.4, 0.5) is 5.82 Å². The Morgan fingerprint density at radius 1 is 1.32 bits per heavy atom. The van der Waals surface area contributed by atoms with Crippen LogP contribution in [-0.4, -0.2) is 73.4 Å². The Labute approximate surface area is 149 Å². The van der Waals surface area contributed by atoms with Crippen LogP contribution in [0.15, 0.2) is 6.07 Å². The molecule has 2 aliphatic heterocycles. The molecule has 2 saturated heterocycles. The number of carbonyl (C=O) groups excluding carboxylic acids is 1. The summed E-state index contributed by atoms with van der Waals surface area (Å²) in [4.78, 5) is 25.7. The van der Waals surface area contributed by atoms with Crippen LogP contribution in [-0.2, 0) is 14.3 Å². The number of ether oxygens (including phenoxy) is 2. The minimum absolute atomic E-state index is 0.0748. The molecule has 0 spiro atoms. The third-order valence-electron chi connectivity index (χ3n) is 4.80. The Morgan fingerprint density at radius 3 is 2.88 bits per heavy atom. The van der Waals surface area contributed by atoms with Crippen LogP contribution in [0.1, 0.15) is 37.2 Å². The highest BCUT2D eigenvalue weighted by Crippen LogP contribution is 2.28. The van der Waals surface area contributed by atoms with E-state index in [4.69, 9.17) is 9.47 Å². The van der Waals surface area contributed by atoms with Crippen molar-refractivity contribution in [3.63, 3.8) is 0 Å². The molecule has 0 aliphatic carbocycles. The molecule has 1 aromatic heterocycles. The number of morpholine rings is 1. The number of rotatable bonds is 5. The van der Waals surface area contributed by atoms with Crippen LogP contribution in [0.3, 0.4) is 0 Å². The number of aromatic nitrogens is 2. The first-order valence-electron chi connectivity index (χ1n) is 9.21. The van der Waals surface area contributed by atoms with Crippen molar-refractivity contribution < 1.29 is 14.3 Å². The third kappa shape index (κ3) is 4.67. The summed E-state index contributed by atoms with van der Waals surface area (Å²) in [6.07, 6.45) is 2.05. The smallest absolute Gasteiger partial charge is 0.248 e. The fraction of sp³-hybridized carbons (Fsp3) is 0.722. The molecule has 3 rings (SSSR count). The van der Waals surface area contributed by atoms with E-state index < -0.39 is 0 Å². The van der Waals surface area contributed by atoms with E-state index in [-0.39, 0.29) is 18.4 Å². The summed E-state index contributed by atoms with van der Waals surface area (Å²) in [5, 5.41) is 0. The average Bonchev–Trinajstić information content (AvgIpc) is 2.66. The highest BCUT2D eigenvalue weighted by Gasteiger charge is 2.26. The predicted octanol–water partition coefficient (Wildman–Crippen LogP) is 1.36. The van der Waals surface area contributed by atoms with Gasteiger partial charge in [-0.1, -0.05) is 0 Å². The van der Waals surface area contributed by atoms with E-state index in [9.17, 15) is 4.79 Å². The van der Waals surface area contributed by atoms with Gasteiger partial charge in [-0.3, -0.25) is 4.79 Å². The molecule has 2 fully saturated rings. The Balaban J connectivity index is 1.71. The summed E-state index contributed by atoms with van der Waals surface area (Å²) in [5.74, 6) is 2.10. The second-order valence-corrected chi connectivity index (χ2v) is 6.61. The molecule has 0 N–H and O–H groups in total. The highest BCUT2D eigenvalue weighted by atomic mass is 16.5. The number of piperidine rings is 1. The lowest BCUT2D eigenvalue weighted by Crippen LogP contribution is -2.41. The van der Waals surface area contributed by atoms with Crippen molar-refractivity contribution in [2.45, 2.75) is 32.6 Å². The third-order valence-corrected chi connectivity index (χ3v) is 4.80. The summed E-state index contributed by atoms with van der Waals surface area (Å²) in [6.45, 7) is 9.30. The van der Waals surface area contributed by atoms with Gasteiger partial charge in [0.15, 0.2) is 0 Å². The molecule has 1 unspecified atom stereocenters. The van der Waals surface area contributed by atoms with Crippen LogP contribution in [0.25, 0.3) is 0 Å². The van der Waals surface area contributed by atoms with Crippen molar-refractivity contribution in [2.75, 3.05) is 57.5 Å². The van der Waals surface area contributed by atoms with E-state index in [0.717, 1.165) is 63.0 Å². The monoisotopic (exact) mass is 348 g/mol. The number of amides is 1. The topological polar surface area (TPSA) is 67.8 Å². The van der Waals surface area contributed by atoms with Gasteiger partial charge in [-0.25, -0.2) is 9.97 Å². The number of hydrogen-bond acceptors (Lipinski definition) is 6. The first kappa shape index (κ1) is 18.1. The van der Waals surface area contributed by atoms with Gasteiger partial charge in [-0.05, 0) is 26.7 Å². The number of nitrogens with zero attached hydrogens (tertiary/aromatic N) is 4. The molecule has 0 saturated carbocycles. The van der Waals surface area contributed by atoms with Gasteiger partial charge in [0, 0.05) is 44.8 Å². The molecule has 7 heteroatoms. The maximum absolute atomic E-state index is 12.3. The van der Waals surface area contributed by atoms with Crippen LogP contribution < -0.4 is 4.90 Å². The molecule has 0 radical (unpaired) electrons. The molecular weight excluding hydrogens is 320 g/mol. The van der Waals surface area contributed by atoms with Gasteiger partial charge in [0.05, 0.1) is 18.9 Å². The fourth-order valence-electron chi connectivity index (χ4n) is 3.46. The van der Waals surface area contributed by atoms with Gasteiger partial charge in [0.1, 0.15) is 18.2 Å². The molecule has 138 valence electrons. The Bertz CT molecular complexity index is 590. The molecule has 2 aliphatic rings. The quantitative estimate of drug-likeness (QED) is 0.800. The van der Waals surface area contributed by atoms with Gasteiger partial charge < -0.3 is 19.3 Å². The van der Waals surface area contributed by atoms with Crippen molar-refractivity contribution >= 4 is 11.7 Å². The summed E-state index contributed by atoms with van der Waals surface area (Å²) in [7, 11) is 0. The predicted molar refractivity (Wildman–Crippen MR) is 94.8 cm³/mol. The summed E-state index contributed by atoms with van der Waals surface area (Å²) in [5.41, 5.74) is 1.04. The number of anilines is 1. The van der Waals surface area contributed by atoms with E-state index in [1.54, 1.807) is 0 Å². The molecule has 1 amide bonds. The van der Waals surface area contributed by atoms with Gasteiger partial charge in [-0.2, -0.15) is 0 Å². The molecule has 0 aromatic carbocycles. The average molecular weight is 348 g/mol. The van der Waals surface area contributed by atoms with Gasteiger partial charge in [0.2, 0.25) is 5.91 Å². The lowest BCUT2D eigenvalue weighted by atomic mass is 9.94. The first-order valence-corrected chi connectivity index (χ1v) is 9.21. The van der Waals surface area contributed by atoms with Crippen LogP contribution in [0.5, 0.6) is 0 Å². The fourth-order valence-corrected chi connectivity index (χ4v) is 3.46. The molecule has 1 aromatic rings. The Kier molecular flexibility index (Phi) is 6.20. The molecule has 0 bridgehead atoms. The SMILES string of the molecule is CCOCC(=O)N1CCCC(c2cc(N3CCOCC3)nc(C)n2)C1. The number of hydrogen-bond donors (Lipinski definition) is 0. The molecule has 1 atom stereocenters. The van der Waals surface area contributed by atoms with E-state index in [1.165, 1.54) is 0 Å². The molecule has 3 heterocycles. The van der Waals surface area contributed by atoms with Crippen molar-refractivity contribution in [3.8, 4) is 0 Å². The Hall–Kier alpha value is -1.73. The minimum atomic E-state index is 0.0748. The van der Waals surface area contributed by atoms with Gasteiger partial charge in [-0.15, -0.1) is 0 Å². The Morgan fingerprint density at radius 2 is 2.12 bits per heavy atom. The number of likely N-dealkylation sites (tertiary alicyclic amines) is 1. The van der Waals surface area contributed by atoms with Crippen molar-refractivity contribution in [1.29, 1.82) is 0 Å². The van der Waals surface area contributed by atoms with E-state index in [0.29, 0.717) is 13.2 Å². The van der Waals surface area contributed by atoms with Crippen LogP contribution in [0.2, 0.25) is 0 Å². The van der Waals surface area contributed by atoms with Crippen LogP contribution in [0, 0.1) is 6.92 Å². The standard InChI is InChI=1S/C18H28N4O3/c1-3-24-13-18(23)22-6-4-5-15(12-22)16-11-17(20-14(2)19-16)21-7-9-25-10-8-21/h11,15H,3-10,12-13H2,1-2H3. The van der Waals surface area contributed by atoms with E-state index in [2.05, 4.69) is 20.9 Å². The van der Waals surface area contributed by atoms with Crippen molar-refractivity contribution in [1.82, 2.24) is 14.9 Å². The zero-order valence-corrected chi connectivity index (χ0v) is 15.2. The zero-order chi connectivity index (χ0) is 17.6. The lowest BCUT2D eigenvalue weighted by molar-refractivity contribution is -0.137. The van der Waals surface area contributed by atoms with E-state index in [1.807, 2.05) is 18.7 Å². The van der Waals surface area contributed by atoms with Crippen LogP contribution >= 0.6 is 0 Å². The maximum atomic E-state index is 12.3. The summed E-state index contributed by atoms with van der Waals surface area (Å²) in [6, 6.07) is 2.10. The highest BCUT2D eigenvalue weighted by molar-refractivity contribution is 5.77. The first-order chi connectivity index (χ1) is 12.2. The number of aryl methyl sites for hydroxylation is 1. The van der Waals surface area contributed by atoms with Crippen molar-refractivity contribution in [3.05, 3.63) is 17.6 Å². The molecule has 25 heavy (non-hydrogen) atoms. The summed E-state index contributed by atoms with van der Waals surface area (Å²) >= 11 is 0. The number of carbonyl (C=O) groups is 1. The van der Waals surface area contributed by atoms with Gasteiger partial charge >= 0.3 is 0 Å². The maximum Gasteiger partial charge on any atom is 0.248 e. The second kappa shape index (κ2) is 8.58. The van der Waals surface area contributed by atoms with Crippen molar-refractivity contribution in [2.24, 2.45) is 0 Å². The lowest BCUT2D eigenvalue weighted by Gasteiger charge is -2.33. The summed E-state index contributed by atoms with van der Waals surface area (Å²) < 4.78 is 10.7. The molecule has 7 nitrogen and oxygen atoms in total. The minimum Gasteiger partial charge on any atom is -0.378 e. The largest absolute Gasteiger partial charge is 0.378 e. The molecular formula is C18H28N4O3. The van der Waals surface area contributed by atoms with Gasteiger partial charge in [0.25, 0.3) is 0 Å².